The van der Waals surface area contributed by atoms with Gasteiger partial charge in [-0.05, 0) is 52.4 Å². The van der Waals surface area contributed by atoms with E-state index in [-0.39, 0.29) is 18.9 Å². The van der Waals surface area contributed by atoms with Gasteiger partial charge in [0.1, 0.15) is 12.6 Å². The number of aliphatic carboxylic acids is 1. The fourth-order valence-electron chi connectivity index (χ4n) is 4.37. The molecular formula is C34H37N3O5. The third-order valence-electron chi connectivity index (χ3n) is 7.54. The molecule has 4 rings (SSSR count). The minimum atomic E-state index is -1.08. The molecule has 1 amide bonds. The molecule has 2 atom stereocenters. The highest BCUT2D eigenvalue weighted by molar-refractivity contribution is 5.93. The molecule has 4 aromatic rings. The highest BCUT2D eigenvalue weighted by atomic mass is 16.5. The van der Waals surface area contributed by atoms with Crippen molar-refractivity contribution in [3.63, 3.8) is 0 Å². The number of carbonyl (C=O) groups is 2. The largest absolute Gasteiger partial charge is 0.481 e. The number of nitrogens with two attached hydrogens (primary N) is 1. The first-order valence-corrected chi connectivity index (χ1v) is 13.9. The number of carboxylic acids is 1. The number of hydrogen-bond acceptors (Lipinski definition) is 5. The van der Waals surface area contributed by atoms with Crippen LogP contribution in [0.4, 0.5) is 0 Å². The number of benzene rings is 3. The van der Waals surface area contributed by atoms with Gasteiger partial charge in [-0.2, -0.15) is 0 Å². The molecule has 1 heterocycles. The molecular weight excluding hydrogens is 530 g/mol. The van der Waals surface area contributed by atoms with E-state index in [1.165, 1.54) is 0 Å². The predicted molar refractivity (Wildman–Crippen MR) is 164 cm³/mol. The second-order valence-corrected chi connectivity index (χ2v) is 10.9. The highest BCUT2D eigenvalue weighted by Gasteiger charge is 2.30. The number of aliphatic imine (C=N–C) groups is 1. The lowest BCUT2D eigenvalue weighted by Crippen LogP contribution is -2.31. The number of aromatic nitrogens is 1. The van der Waals surface area contributed by atoms with E-state index >= 15 is 0 Å². The van der Waals surface area contributed by atoms with Crippen molar-refractivity contribution >= 4 is 17.8 Å². The number of amides is 1. The molecule has 0 saturated carbocycles. The standard InChI is InChI=1S/C34H37N3O5/c1-4-34(2,3)33(41)36-32(42-22-23-8-6-5-7-9-23)29(20-30(38)39)37-19-18-28(21-37)26-12-10-24(11-13-26)25-14-16-27(17-15-25)31(35)40/h5-19,21,29,33,41H,4,20,22H2,1-3H3,(H2,35,40)(H,38,39)/t29-,33+/m1/s1. The summed E-state index contributed by atoms with van der Waals surface area (Å²) in [4.78, 5) is 27.9. The molecule has 0 fully saturated rings. The second kappa shape index (κ2) is 13.3. The van der Waals surface area contributed by atoms with E-state index in [4.69, 9.17) is 10.5 Å². The average Bonchev–Trinajstić information content (AvgIpc) is 3.48. The Hall–Kier alpha value is -4.69. The molecule has 218 valence electrons. The summed E-state index contributed by atoms with van der Waals surface area (Å²) >= 11 is 0. The third kappa shape index (κ3) is 7.53. The molecule has 42 heavy (non-hydrogen) atoms. The molecule has 1 aromatic heterocycles. The minimum Gasteiger partial charge on any atom is -0.481 e. The molecule has 8 heteroatoms. The summed E-state index contributed by atoms with van der Waals surface area (Å²) in [6, 6.07) is 25.7. The van der Waals surface area contributed by atoms with Crippen LogP contribution in [0.25, 0.3) is 22.3 Å². The van der Waals surface area contributed by atoms with Crippen LogP contribution in [0.15, 0.2) is 102 Å². The molecule has 0 aliphatic rings. The number of carbonyl (C=O) groups excluding carboxylic acids is 1. The van der Waals surface area contributed by atoms with Gasteiger partial charge in [-0.25, -0.2) is 4.99 Å². The highest BCUT2D eigenvalue weighted by Crippen LogP contribution is 2.30. The first kappa shape index (κ1) is 30.3. The monoisotopic (exact) mass is 567 g/mol. The zero-order chi connectivity index (χ0) is 30.3. The Balaban J connectivity index is 1.63. The van der Waals surface area contributed by atoms with E-state index in [0.717, 1.165) is 27.8 Å². The van der Waals surface area contributed by atoms with Crippen LogP contribution in [0.1, 0.15) is 55.6 Å². The third-order valence-corrected chi connectivity index (χ3v) is 7.54. The Labute approximate surface area is 246 Å². The fraction of sp³-hybridized carbons (Fsp3) is 0.265. The SMILES string of the molecule is CCC(C)(C)[C@H](O)N=C(OCc1ccccc1)[C@@H](CC(=O)O)n1ccc(-c2ccc(-c3ccc(C(N)=O)cc3)cc2)c1. The number of carboxylic acid groups (broad SMARTS) is 1. The summed E-state index contributed by atoms with van der Waals surface area (Å²) < 4.78 is 7.91. The van der Waals surface area contributed by atoms with E-state index in [1.807, 2.05) is 99.8 Å². The quantitative estimate of drug-likeness (QED) is 0.137. The van der Waals surface area contributed by atoms with Gasteiger partial charge in [-0.15, -0.1) is 0 Å². The van der Waals surface area contributed by atoms with E-state index < -0.39 is 29.6 Å². The smallest absolute Gasteiger partial charge is 0.305 e. The Morgan fingerprint density at radius 1 is 0.905 bits per heavy atom. The average molecular weight is 568 g/mol. The van der Waals surface area contributed by atoms with E-state index in [2.05, 4.69) is 4.99 Å². The van der Waals surface area contributed by atoms with Crippen molar-refractivity contribution in [1.29, 1.82) is 0 Å². The number of nitrogens with zero attached hydrogens (tertiary/aromatic N) is 2. The Bertz CT molecular complexity index is 1520. The number of primary amides is 1. The van der Waals surface area contributed by atoms with Crippen LogP contribution in [-0.2, 0) is 16.1 Å². The van der Waals surface area contributed by atoms with E-state index in [1.54, 1.807) is 22.9 Å². The number of hydrogen-bond donors (Lipinski definition) is 3. The summed E-state index contributed by atoms with van der Waals surface area (Å²) in [6.07, 6.45) is 2.98. The molecule has 0 radical (unpaired) electrons. The van der Waals surface area contributed by atoms with Crippen molar-refractivity contribution in [3.8, 4) is 22.3 Å². The number of aliphatic hydroxyl groups is 1. The minimum absolute atomic E-state index is 0.159. The lowest BCUT2D eigenvalue weighted by atomic mass is 9.88. The first-order valence-electron chi connectivity index (χ1n) is 13.9. The lowest BCUT2D eigenvalue weighted by Gasteiger charge is -2.28. The Morgan fingerprint density at radius 3 is 2.02 bits per heavy atom. The van der Waals surface area contributed by atoms with Crippen LogP contribution in [-0.4, -0.2) is 38.8 Å². The summed E-state index contributed by atoms with van der Waals surface area (Å²) in [5.41, 5.74) is 9.94. The summed E-state index contributed by atoms with van der Waals surface area (Å²) in [6.45, 7) is 5.97. The summed E-state index contributed by atoms with van der Waals surface area (Å²) in [7, 11) is 0. The Kier molecular flexibility index (Phi) is 9.60. The van der Waals surface area contributed by atoms with Crippen LogP contribution in [0.5, 0.6) is 0 Å². The summed E-state index contributed by atoms with van der Waals surface area (Å²) in [5.74, 6) is -1.32. The van der Waals surface area contributed by atoms with Gasteiger partial charge < -0.3 is 25.3 Å². The van der Waals surface area contributed by atoms with Crippen molar-refractivity contribution in [2.24, 2.45) is 16.1 Å². The van der Waals surface area contributed by atoms with Gasteiger partial charge >= 0.3 is 5.97 Å². The number of rotatable bonds is 12. The zero-order valence-electron chi connectivity index (χ0n) is 24.1. The molecule has 0 aliphatic carbocycles. The first-order chi connectivity index (χ1) is 20.1. The van der Waals surface area contributed by atoms with Crippen LogP contribution < -0.4 is 5.73 Å². The lowest BCUT2D eigenvalue weighted by molar-refractivity contribution is -0.137. The summed E-state index contributed by atoms with van der Waals surface area (Å²) in [5, 5.41) is 20.8. The zero-order valence-corrected chi connectivity index (χ0v) is 24.1. The van der Waals surface area contributed by atoms with Gasteiger partial charge in [0.2, 0.25) is 11.8 Å². The normalized spacial score (nSPS) is 13.4. The number of ether oxygens (including phenoxy) is 1. The van der Waals surface area contributed by atoms with Gasteiger partial charge in [-0.3, -0.25) is 9.59 Å². The maximum atomic E-state index is 12.0. The van der Waals surface area contributed by atoms with Crippen LogP contribution >= 0.6 is 0 Å². The van der Waals surface area contributed by atoms with Gasteiger partial charge in [0.15, 0.2) is 6.23 Å². The van der Waals surface area contributed by atoms with Crippen molar-refractivity contribution in [1.82, 2.24) is 4.57 Å². The molecule has 0 unspecified atom stereocenters. The van der Waals surface area contributed by atoms with Crippen molar-refractivity contribution in [2.75, 3.05) is 0 Å². The molecule has 0 aliphatic heterocycles. The van der Waals surface area contributed by atoms with E-state index in [0.29, 0.717) is 12.0 Å². The molecule has 0 saturated heterocycles. The molecule has 8 nitrogen and oxygen atoms in total. The molecule has 4 N–H and O–H groups in total. The van der Waals surface area contributed by atoms with Crippen LogP contribution in [0.3, 0.4) is 0 Å². The van der Waals surface area contributed by atoms with Crippen molar-refractivity contribution in [3.05, 3.63) is 108 Å². The maximum absolute atomic E-state index is 12.0. The topological polar surface area (TPSA) is 127 Å². The van der Waals surface area contributed by atoms with Gasteiger partial charge in [0, 0.05) is 23.4 Å². The number of aliphatic hydroxyl groups excluding tert-OH is 1. The van der Waals surface area contributed by atoms with Crippen LogP contribution in [0, 0.1) is 5.41 Å². The molecule has 3 aromatic carbocycles. The van der Waals surface area contributed by atoms with Gasteiger partial charge in [-0.1, -0.05) is 87.5 Å². The maximum Gasteiger partial charge on any atom is 0.305 e. The predicted octanol–water partition coefficient (Wildman–Crippen LogP) is 6.31. The fourth-order valence-corrected chi connectivity index (χ4v) is 4.37. The van der Waals surface area contributed by atoms with Crippen LogP contribution in [0.2, 0.25) is 0 Å². The second-order valence-electron chi connectivity index (χ2n) is 10.9. The Morgan fingerprint density at radius 2 is 1.48 bits per heavy atom. The molecule has 0 spiro atoms. The van der Waals surface area contributed by atoms with E-state index in [9.17, 15) is 19.8 Å². The van der Waals surface area contributed by atoms with Crippen molar-refractivity contribution in [2.45, 2.75) is 52.5 Å². The van der Waals surface area contributed by atoms with Crippen molar-refractivity contribution < 1.29 is 24.5 Å². The van der Waals surface area contributed by atoms with Gasteiger partial charge in [0.25, 0.3) is 0 Å². The molecule has 0 bridgehead atoms. The van der Waals surface area contributed by atoms with Gasteiger partial charge in [0.05, 0.1) is 6.42 Å².